The van der Waals surface area contributed by atoms with Gasteiger partial charge in [0.2, 0.25) is 10.2 Å². The number of thioether (sulfide) groups is 2. The summed E-state index contributed by atoms with van der Waals surface area (Å²) in [5, 5.41) is 36.5. The zero-order valence-corrected chi connectivity index (χ0v) is 20.5. The Balaban J connectivity index is 4.39. The third kappa shape index (κ3) is 17.0. The maximum Gasteiger partial charge on any atom is 0.407 e. The van der Waals surface area contributed by atoms with Crippen molar-refractivity contribution in [1.82, 2.24) is 10.6 Å². The Kier molecular flexibility index (Phi) is 11.4. The summed E-state index contributed by atoms with van der Waals surface area (Å²) in [6, 6.07) is 0. The predicted octanol–water partition coefficient (Wildman–Crippen LogP) is 0.612. The Bertz CT molecular complexity index is 626. The molecule has 0 aliphatic rings. The summed E-state index contributed by atoms with van der Waals surface area (Å²) in [4.78, 5) is 46.8. The molecule has 0 rings (SSSR count). The lowest BCUT2D eigenvalue weighted by molar-refractivity contribution is -0.118. The number of alkyl carbamates (subject to hydrolysis) is 2. The molecule has 0 spiro atoms. The van der Waals surface area contributed by atoms with Crippen molar-refractivity contribution in [1.29, 1.82) is 0 Å². The Hall–Kier alpha value is -1.58. The first kappa shape index (κ1) is 30.4. The van der Waals surface area contributed by atoms with Crippen LogP contribution < -0.4 is 10.6 Å². The summed E-state index contributed by atoms with van der Waals surface area (Å²) in [7, 11) is 0. The van der Waals surface area contributed by atoms with Crippen LogP contribution in [0.25, 0.3) is 0 Å². The lowest BCUT2D eigenvalue weighted by Crippen LogP contribution is -2.43. The van der Waals surface area contributed by atoms with Crippen LogP contribution in [-0.2, 0) is 19.1 Å². The molecule has 6 N–H and O–H groups in total. The SMILES string of the molecule is CC(C)(C)OC(=O)NCC(O)(O)SC(=O)CCC(=O)SC(O)(O)CNC(=O)OC(C)(C)C. The number of carbonyl (C=O) groups is 4. The van der Waals surface area contributed by atoms with Gasteiger partial charge in [0.15, 0.2) is 10.2 Å². The summed E-state index contributed by atoms with van der Waals surface area (Å²) < 4.78 is 9.85. The van der Waals surface area contributed by atoms with Crippen molar-refractivity contribution >= 4 is 45.9 Å². The molecule has 0 saturated heterocycles. The number of rotatable bonds is 9. The van der Waals surface area contributed by atoms with Gasteiger partial charge in [0.05, 0.1) is 13.1 Å². The first-order valence-corrected chi connectivity index (χ1v) is 11.1. The third-order valence-electron chi connectivity index (χ3n) is 2.81. The summed E-state index contributed by atoms with van der Waals surface area (Å²) in [6.07, 6.45) is -2.71. The molecule has 0 aliphatic heterocycles. The van der Waals surface area contributed by atoms with Crippen LogP contribution in [0.2, 0.25) is 0 Å². The highest BCUT2D eigenvalue weighted by molar-refractivity contribution is 8.15. The molecule has 0 saturated carbocycles. The Labute approximate surface area is 194 Å². The first-order chi connectivity index (χ1) is 14.2. The second-order valence-corrected chi connectivity index (χ2v) is 11.3. The topological polar surface area (TPSA) is 192 Å². The van der Waals surface area contributed by atoms with Crippen molar-refractivity contribution in [3.05, 3.63) is 0 Å². The largest absolute Gasteiger partial charge is 0.444 e. The molecule has 0 radical (unpaired) electrons. The van der Waals surface area contributed by atoms with E-state index in [1.54, 1.807) is 41.5 Å². The van der Waals surface area contributed by atoms with E-state index < -0.39 is 69.8 Å². The van der Waals surface area contributed by atoms with E-state index in [1.807, 2.05) is 0 Å². The fourth-order valence-corrected chi connectivity index (χ4v) is 3.17. The molecule has 186 valence electrons. The van der Waals surface area contributed by atoms with E-state index >= 15 is 0 Å². The smallest absolute Gasteiger partial charge is 0.407 e. The third-order valence-corrected chi connectivity index (χ3v) is 4.62. The monoisotopic (exact) mass is 500 g/mol. The van der Waals surface area contributed by atoms with E-state index in [4.69, 9.17) is 9.47 Å². The molecule has 0 fully saturated rings. The van der Waals surface area contributed by atoms with E-state index in [9.17, 15) is 39.6 Å². The molecular formula is C18H32N2O10S2. The van der Waals surface area contributed by atoms with Crippen LogP contribution in [-0.4, -0.2) is 77.4 Å². The fraction of sp³-hybridized carbons (Fsp3) is 0.778. The Morgan fingerprint density at radius 2 is 0.938 bits per heavy atom. The van der Waals surface area contributed by atoms with E-state index in [0.717, 1.165) is 0 Å². The van der Waals surface area contributed by atoms with Crippen LogP contribution >= 0.6 is 23.5 Å². The van der Waals surface area contributed by atoms with Crippen molar-refractivity contribution < 1.29 is 49.1 Å². The quantitative estimate of drug-likeness (QED) is 0.242. The minimum atomic E-state index is -2.64. The highest BCUT2D eigenvalue weighted by Crippen LogP contribution is 2.25. The molecule has 0 heterocycles. The maximum atomic E-state index is 11.9. The van der Waals surface area contributed by atoms with Crippen molar-refractivity contribution in [3.63, 3.8) is 0 Å². The van der Waals surface area contributed by atoms with Gasteiger partial charge >= 0.3 is 12.2 Å². The van der Waals surface area contributed by atoms with Gasteiger partial charge in [-0.2, -0.15) is 0 Å². The van der Waals surface area contributed by atoms with E-state index in [2.05, 4.69) is 10.6 Å². The van der Waals surface area contributed by atoms with Crippen LogP contribution in [0.3, 0.4) is 0 Å². The van der Waals surface area contributed by atoms with E-state index in [1.165, 1.54) is 0 Å². The highest BCUT2D eigenvalue weighted by Gasteiger charge is 2.32. The predicted molar refractivity (Wildman–Crippen MR) is 117 cm³/mol. The molecule has 14 heteroatoms. The Morgan fingerprint density at radius 1 is 0.656 bits per heavy atom. The van der Waals surface area contributed by atoms with Crippen molar-refractivity contribution in [3.8, 4) is 0 Å². The van der Waals surface area contributed by atoms with Crippen LogP contribution in [0.5, 0.6) is 0 Å². The van der Waals surface area contributed by atoms with Gasteiger partial charge in [-0.25, -0.2) is 9.59 Å². The minimum Gasteiger partial charge on any atom is -0.444 e. The van der Waals surface area contributed by atoms with Gasteiger partial charge in [-0.15, -0.1) is 0 Å². The van der Waals surface area contributed by atoms with Crippen LogP contribution in [0.4, 0.5) is 9.59 Å². The molecule has 0 aliphatic carbocycles. The number of hydrogen-bond acceptors (Lipinski definition) is 12. The second kappa shape index (κ2) is 12.0. The summed E-state index contributed by atoms with van der Waals surface area (Å²) in [5.41, 5.74) is -1.59. The first-order valence-electron chi connectivity index (χ1n) is 9.47. The minimum absolute atomic E-state index is 0.0831. The van der Waals surface area contributed by atoms with Gasteiger partial charge in [0, 0.05) is 12.8 Å². The molecule has 0 unspecified atom stereocenters. The molecule has 0 aromatic heterocycles. The average Bonchev–Trinajstić information content (AvgIpc) is 2.53. The van der Waals surface area contributed by atoms with Gasteiger partial charge < -0.3 is 40.5 Å². The second-order valence-electron chi connectivity index (χ2n) is 8.65. The number of amides is 2. The zero-order valence-electron chi connectivity index (χ0n) is 18.9. The van der Waals surface area contributed by atoms with Crippen molar-refractivity contribution in [2.45, 2.75) is 75.8 Å². The highest BCUT2D eigenvalue weighted by atomic mass is 32.2. The molecule has 32 heavy (non-hydrogen) atoms. The standard InChI is InChI=1S/C18H32N2O10S2/c1-15(2,3)29-13(23)19-9-17(25,26)31-11(21)7-8-12(22)32-18(27,28)10-20-14(24)30-16(4,5)6/h25-28H,7-10H2,1-6H3,(H,19,23)(H,20,24). The van der Waals surface area contributed by atoms with Crippen LogP contribution in [0.1, 0.15) is 54.4 Å². The lowest BCUT2D eigenvalue weighted by atomic mass is 10.2. The summed E-state index contributed by atoms with van der Waals surface area (Å²) in [5.74, 6) is 0. The van der Waals surface area contributed by atoms with Crippen molar-refractivity contribution in [2.24, 2.45) is 0 Å². The molecular weight excluding hydrogens is 468 g/mol. The van der Waals surface area contributed by atoms with Gasteiger partial charge in [-0.3, -0.25) is 9.59 Å². The molecule has 12 nitrogen and oxygen atoms in total. The molecule has 0 bridgehead atoms. The Morgan fingerprint density at radius 3 is 1.19 bits per heavy atom. The van der Waals surface area contributed by atoms with Gasteiger partial charge in [0.1, 0.15) is 11.2 Å². The van der Waals surface area contributed by atoms with Gasteiger partial charge in [-0.05, 0) is 65.1 Å². The number of hydrogen-bond donors (Lipinski definition) is 6. The number of aliphatic hydroxyl groups is 4. The summed E-state index contributed by atoms with van der Waals surface area (Å²) in [6.45, 7) is 8.27. The lowest BCUT2D eigenvalue weighted by Gasteiger charge is -2.24. The number of nitrogens with one attached hydrogen (secondary N) is 2. The summed E-state index contributed by atoms with van der Waals surface area (Å²) >= 11 is 0.166. The molecule has 0 aromatic carbocycles. The van der Waals surface area contributed by atoms with Crippen LogP contribution in [0.15, 0.2) is 0 Å². The zero-order chi connectivity index (χ0) is 25.4. The molecule has 0 atom stereocenters. The van der Waals surface area contributed by atoms with Crippen molar-refractivity contribution in [2.75, 3.05) is 13.1 Å². The number of carbonyl (C=O) groups excluding carboxylic acids is 4. The molecule has 0 aromatic rings. The van der Waals surface area contributed by atoms with Crippen LogP contribution in [0, 0.1) is 0 Å². The maximum absolute atomic E-state index is 11.9. The van der Waals surface area contributed by atoms with Gasteiger partial charge in [-0.1, -0.05) is 0 Å². The van der Waals surface area contributed by atoms with E-state index in [-0.39, 0.29) is 23.5 Å². The van der Waals surface area contributed by atoms with Gasteiger partial charge in [0.25, 0.3) is 0 Å². The fourth-order valence-electron chi connectivity index (χ4n) is 1.75. The normalized spacial score (nSPS) is 12.7. The average molecular weight is 501 g/mol. The molecule has 2 amide bonds. The van der Waals surface area contributed by atoms with E-state index in [0.29, 0.717) is 0 Å². The number of ether oxygens (including phenoxy) is 2.